The van der Waals surface area contributed by atoms with Crippen molar-refractivity contribution in [3.63, 3.8) is 0 Å². The molecular formula is C10H12N4. The van der Waals surface area contributed by atoms with E-state index in [2.05, 4.69) is 10.3 Å². The number of rotatable bonds is 2. The topological polar surface area (TPSA) is 56.7 Å². The van der Waals surface area contributed by atoms with Gasteiger partial charge in [-0.3, -0.25) is 0 Å². The van der Waals surface area contributed by atoms with Crippen molar-refractivity contribution in [3.05, 3.63) is 36.2 Å². The molecule has 2 rings (SSSR count). The molecule has 4 heteroatoms. The van der Waals surface area contributed by atoms with E-state index in [4.69, 9.17) is 5.73 Å². The van der Waals surface area contributed by atoms with Crippen LogP contribution in [0.2, 0.25) is 0 Å². The van der Waals surface area contributed by atoms with Crippen LogP contribution in [0.3, 0.4) is 0 Å². The maximum Gasteiger partial charge on any atom is 0.0829 e. The average molecular weight is 188 g/mol. The molecule has 0 saturated carbocycles. The Hall–Kier alpha value is -1.84. The second-order valence-corrected chi connectivity index (χ2v) is 3.10. The number of nitrogens with zero attached hydrogens (tertiary/aromatic N) is 3. The third-order valence-corrected chi connectivity index (χ3v) is 2.04. The Bertz CT molecular complexity index is 433. The molecule has 1 aromatic heterocycles. The van der Waals surface area contributed by atoms with E-state index in [0.29, 0.717) is 0 Å². The van der Waals surface area contributed by atoms with E-state index in [9.17, 15) is 0 Å². The summed E-state index contributed by atoms with van der Waals surface area (Å²) in [7, 11) is 0. The summed E-state index contributed by atoms with van der Waals surface area (Å²) >= 11 is 0. The maximum atomic E-state index is 5.67. The van der Waals surface area contributed by atoms with Crippen molar-refractivity contribution in [2.24, 2.45) is 0 Å². The summed E-state index contributed by atoms with van der Waals surface area (Å²) in [6.07, 6.45) is 2.80. The first-order valence-electron chi connectivity index (χ1n) is 4.56. The molecule has 2 N–H and O–H groups in total. The van der Waals surface area contributed by atoms with Crippen LogP contribution in [0.5, 0.6) is 0 Å². The molecule has 0 fully saturated rings. The number of anilines is 1. The first-order valence-corrected chi connectivity index (χ1v) is 4.56. The minimum atomic E-state index is 0.732. The molecule has 0 unspecified atom stereocenters. The summed E-state index contributed by atoms with van der Waals surface area (Å²) in [5.74, 6) is 0. The molecule has 1 heterocycles. The lowest BCUT2D eigenvalue weighted by Crippen LogP contribution is -1.95. The summed E-state index contributed by atoms with van der Waals surface area (Å²) in [6.45, 7) is 2.05. The van der Waals surface area contributed by atoms with Gasteiger partial charge in [0.05, 0.1) is 17.6 Å². The number of aromatic nitrogens is 3. The molecule has 1 aromatic carbocycles. The van der Waals surface area contributed by atoms with Gasteiger partial charge >= 0.3 is 0 Å². The minimum absolute atomic E-state index is 0.732. The third kappa shape index (κ3) is 1.59. The lowest BCUT2D eigenvalue weighted by molar-refractivity contribution is 0.798. The molecule has 0 saturated heterocycles. The van der Waals surface area contributed by atoms with E-state index >= 15 is 0 Å². The second-order valence-electron chi connectivity index (χ2n) is 3.10. The van der Waals surface area contributed by atoms with Crippen LogP contribution in [-0.4, -0.2) is 15.0 Å². The zero-order chi connectivity index (χ0) is 9.97. The van der Waals surface area contributed by atoms with Gasteiger partial charge in [0.15, 0.2) is 0 Å². The van der Waals surface area contributed by atoms with Gasteiger partial charge in [0.1, 0.15) is 0 Å². The molecule has 0 amide bonds. The zero-order valence-corrected chi connectivity index (χ0v) is 8.01. The molecule has 2 aromatic rings. The highest BCUT2D eigenvalue weighted by atomic mass is 15.4. The van der Waals surface area contributed by atoms with Crippen LogP contribution >= 0.6 is 0 Å². The van der Waals surface area contributed by atoms with E-state index < -0.39 is 0 Å². The number of hydrogen-bond acceptors (Lipinski definition) is 3. The predicted molar refractivity (Wildman–Crippen MR) is 55.1 cm³/mol. The number of nitrogens with two attached hydrogens (primary N) is 1. The first-order chi connectivity index (χ1) is 6.79. The van der Waals surface area contributed by atoms with E-state index in [1.807, 2.05) is 37.4 Å². The van der Waals surface area contributed by atoms with Crippen LogP contribution in [-0.2, 0) is 6.42 Å². The van der Waals surface area contributed by atoms with Crippen molar-refractivity contribution in [2.45, 2.75) is 13.3 Å². The van der Waals surface area contributed by atoms with Crippen molar-refractivity contribution in [1.29, 1.82) is 0 Å². The summed E-state index contributed by atoms with van der Waals surface area (Å²) in [6, 6.07) is 7.57. The monoisotopic (exact) mass is 188 g/mol. The molecule has 0 aliphatic carbocycles. The van der Waals surface area contributed by atoms with Crippen LogP contribution < -0.4 is 5.73 Å². The standard InChI is InChI=1S/C10H12N4/c1-2-9-7-14(13-12-9)10-5-3-4-8(11)6-10/h3-7H,2,11H2,1H3. The first kappa shape index (κ1) is 8.74. The van der Waals surface area contributed by atoms with E-state index in [1.54, 1.807) is 4.68 Å². The van der Waals surface area contributed by atoms with E-state index in [-0.39, 0.29) is 0 Å². The Balaban J connectivity index is 2.39. The molecule has 4 nitrogen and oxygen atoms in total. The van der Waals surface area contributed by atoms with Gasteiger partial charge in [-0.25, -0.2) is 4.68 Å². The second kappa shape index (κ2) is 3.49. The average Bonchev–Trinajstić information content (AvgIpc) is 2.66. The van der Waals surface area contributed by atoms with E-state index in [0.717, 1.165) is 23.5 Å². The number of nitrogen functional groups attached to an aromatic ring is 1. The summed E-state index contributed by atoms with van der Waals surface area (Å²) < 4.78 is 1.73. The molecule has 14 heavy (non-hydrogen) atoms. The highest BCUT2D eigenvalue weighted by Gasteiger charge is 2.00. The molecule has 0 atom stereocenters. The highest BCUT2D eigenvalue weighted by molar-refractivity contribution is 5.46. The molecule has 0 radical (unpaired) electrons. The zero-order valence-electron chi connectivity index (χ0n) is 8.01. The molecule has 72 valence electrons. The Kier molecular flexibility index (Phi) is 2.18. The van der Waals surface area contributed by atoms with Crippen LogP contribution in [0.15, 0.2) is 30.5 Å². The van der Waals surface area contributed by atoms with Crippen LogP contribution in [0.4, 0.5) is 5.69 Å². The molecule has 0 aliphatic rings. The fraction of sp³-hybridized carbons (Fsp3) is 0.200. The lowest BCUT2D eigenvalue weighted by atomic mass is 10.3. The van der Waals surface area contributed by atoms with Crippen molar-refractivity contribution in [1.82, 2.24) is 15.0 Å². The van der Waals surface area contributed by atoms with Gasteiger partial charge in [-0.15, -0.1) is 5.10 Å². The highest BCUT2D eigenvalue weighted by Crippen LogP contribution is 2.10. The van der Waals surface area contributed by atoms with Gasteiger partial charge in [0.2, 0.25) is 0 Å². The van der Waals surface area contributed by atoms with Crippen molar-refractivity contribution in [3.8, 4) is 5.69 Å². The largest absolute Gasteiger partial charge is 0.399 e. The molecule has 0 bridgehead atoms. The van der Waals surface area contributed by atoms with Gasteiger partial charge in [0.25, 0.3) is 0 Å². The van der Waals surface area contributed by atoms with Gasteiger partial charge < -0.3 is 5.73 Å². The minimum Gasteiger partial charge on any atom is -0.399 e. The van der Waals surface area contributed by atoms with Crippen molar-refractivity contribution >= 4 is 5.69 Å². The van der Waals surface area contributed by atoms with Crippen LogP contribution in [0.1, 0.15) is 12.6 Å². The predicted octanol–water partition coefficient (Wildman–Crippen LogP) is 1.41. The van der Waals surface area contributed by atoms with Crippen molar-refractivity contribution < 1.29 is 0 Å². The smallest absolute Gasteiger partial charge is 0.0829 e. The van der Waals surface area contributed by atoms with Crippen molar-refractivity contribution in [2.75, 3.05) is 5.73 Å². The quantitative estimate of drug-likeness (QED) is 0.725. The maximum absolute atomic E-state index is 5.67. The van der Waals surface area contributed by atoms with Crippen LogP contribution in [0.25, 0.3) is 5.69 Å². The van der Waals surface area contributed by atoms with Gasteiger partial charge in [-0.05, 0) is 24.6 Å². The Labute approximate surface area is 82.4 Å². The Morgan fingerprint density at radius 1 is 1.43 bits per heavy atom. The van der Waals surface area contributed by atoms with Crippen LogP contribution in [0, 0.1) is 0 Å². The van der Waals surface area contributed by atoms with E-state index in [1.165, 1.54) is 0 Å². The van der Waals surface area contributed by atoms with Gasteiger partial charge in [0, 0.05) is 5.69 Å². The summed E-state index contributed by atoms with van der Waals surface area (Å²) in [5, 5.41) is 8.02. The SMILES string of the molecule is CCc1cn(-c2cccc(N)c2)nn1. The number of aryl methyl sites for hydroxylation is 1. The summed E-state index contributed by atoms with van der Waals surface area (Å²) in [5.41, 5.74) is 8.33. The molecule has 0 spiro atoms. The normalized spacial score (nSPS) is 10.4. The summed E-state index contributed by atoms with van der Waals surface area (Å²) in [4.78, 5) is 0. The Morgan fingerprint density at radius 2 is 2.29 bits per heavy atom. The number of hydrogen-bond donors (Lipinski definition) is 1. The lowest BCUT2D eigenvalue weighted by Gasteiger charge is -1.99. The molecule has 0 aliphatic heterocycles. The fourth-order valence-electron chi connectivity index (χ4n) is 1.25. The third-order valence-electron chi connectivity index (χ3n) is 2.04. The van der Waals surface area contributed by atoms with Gasteiger partial charge in [-0.1, -0.05) is 18.2 Å². The van der Waals surface area contributed by atoms with Gasteiger partial charge in [-0.2, -0.15) is 0 Å². The number of benzene rings is 1. The Morgan fingerprint density at radius 3 is 2.93 bits per heavy atom. The molecular weight excluding hydrogens is 176 g/mol. The fourth-order valence-corrected chi connectivity index (χ4v) is 1.25.